The van der Waals surface area contributed by atoms with Crippen LogP contribution in [-0.2, 0) is 0 Å². The van der Waals surface area contributed by atoms with E-state index in [0.717, 1.165) is 13.1 Å². The van der Waals surface area contributed by atoms with Crippen molar-refractivity contribution in [3.05, 3.63) is 11.8 Å². The van der Waals surface area contributed by atoms with Crippen LogP contribution in [0.1, 0.15) is 33.1 Å². The van der Waals surface area contributed by atoms with E-state index in [1.54, 1.807) is 0 Å². The first kappa shape index (κ1) is 9.59. The summed E-state index contributed by atoms with van der Waals surface area (Å²) in [5, 5.41) is 6.85. The smallest absolute Gasteiger partial charge is 0.0269 e. The summed E-state index contributed by atoms with van der Waals surface area (Å²) >= 11 is 0. The molecule has 1 aliphatic carbocycles. The van der Waals surface area contributed by atoms with Crippen molar-refractivity contribution in [1.82, 2.24) is 10.6 Å². The van der Waals surface area contributed by atoms with Crippen LogP contribution in [0.25, 0.3) is 0 Å². The molecule has 0 spiro atoms. The molecule has 1 atom stereocenters. The molecular formula is C10H20N2. The molecule has 1 aliphatic rings. The van der Waals surface area contributed by atoms with Gasteiger partial charge in [-0.2, -0.15) is 0 Å². The number of nitrogens with one attached hydrogen (secondary N) is 2. The lowest BCUT2D eigenvalue weighted by Crippen LogP contribution is -2.31. The number of hydrogen-bond donors (Lipinski definition) is 2. The summed E-state index contributed by atoms with van der Waals surface area (Å²) in [6.45, 7) is 6.43. The van der Waals surface area contributed by atoms with E-state index in [2.05, 4.69) is 30.6 Å². The van der Waals surface area contributed by atoms with E-state index in [4.69, 9.17) is 0 Å². The minimum absolute atomic E-state index is 0.609. The Kier molecular flexibility index (Phi) is 4.15. The highest BCUT2D eigenvalue weighted by atomic mass is 14.9. The normalized spacial score (nSPS) is 23.5. The minimum Gasteiger partial charge on any atom is -0.389 e. The minimum atomic E-state index is 0.609. The molecule has 70 valence electrons. The van der Waals surface area contributed by atoms with Crippen LogP contribution in [0.3, 0.4) is 0 Å². The first-order valence-electron chi connectivity index (χ1n) is 5.04. The van der Waals surface area contributed by atoms with E-state index in [1.807, 2.05) is 0 Å². The lowest BCUT2D eigenvalue weighted by atomic mass is 10.00. The number of hydrogen-bond acceptors (Lipinski definition) is 2. The Morgan fingerprint density at radius 3 is 2.92 bits per heavy atom. The fraction of sp³-hybridized carbons (Fsp3) is 0.800. The van der Waals surface area contributed by atoms with Gasteiger partial charge in [0.15, 0.2) is 0 Å². The average Bonchev–Trinajstić information content (AvgIpc) is 2.06. The van der Waals surface area contributed by atoms with Crippen LogP contribution in [0.15, 0.2) is 11.8 Å². The van der Waals surface area contributed by atoms with Crippen LogP contribution in [-0.4, -0.2) is 19.1 Å². The van der Waals surface area contributed by atoms with Gasteiger partial charge >= 0.3 is 0 Å². The van der Waals surface area contributed by atoms with Gasteiger partial charge < -0.3 is 10.6 Å². The van der Waals surface area contributed by atoms with Gasteiger partial charge in [-0.15, -0.1) is 0 Å². The third-order valence-electron chi connectivity index (χ3n) is 2.23. The van der Waals surface area contributed by atoms with Crippen molar-refractivity contribution in [3.63, 3.8) is 0 Å². The second kappa shape index (κ2) is 5.20. The highest BCUT2D eigenvalue weighted by Gasteiger charge is 2.11. The summed E-state index contributed by atoms with van der Waals surface area (Å²) < 4.78 is 0. The van der Waals surface area contributed by atoms with Gasteiger partial charge in [-0.3, -0.25) is 0 Å². The molecule has 2 nitrogen and oxygen atoms in total. The zero-order valence-electron chi connectivity index (χ0n) is 8.19. The monoisotopic (exact) mass is 168 g/mol. The first-order valence-corrected chi connectivity index (χ1v) is 5.04. The summed E-state index contributed by atoms with van der Waals surface area (Å²) in [5.74, 6) is 0. The molecular weight excluding hydrogens is 148 g/mol. The first-order chi connectivity index (χ1) is 5.86. The number of likely N-dealkylation sites (N-methyl/N-ethyl adjacent to an activating group) is 1. The fourth-order valence-electron chi connectivity index (χ4n) is 1.72. The summed E-state index contributed by atoms with van der Waals surface area (Å²) in [5.41, 5.74) is 1.43. The van der Waals surface area contributed by atoms with Crippen molar-refractivity contribution in [1.29, 1.82) is 0 Å². The Morgan fingerprint density at radius 1 is 1.42 bits per heavy atom. The molecule has 12 heavy (non-hydrogen) atoms. The van der Waals surface area contributed by atoms with Gasteiger partial charge in [-0.1, -0.05) is 6.92 Å². The van der Waals surface area contributed by atoms with Crippen molar-refractivity contribution in [2.75, 3.05) is 13.1 Å². The van der Waals surface area contributed by atoms with Gasteiger partial charge in [-0.05, 0) is 38.8 Å². The summed E-state index contributed by atoms with van der Waals surface area (Å²) in [6.07, 6.45) is 6.19. The van der Waals surface area contributed by atoms with Gasteiger partial charge in [-0.25, -0.2) is 0 Å². The zero-order valence-corrected chi connectivity index (χ0v) is 8.19. The molecule has 0 aliphatic heterocycles. The van der Waals surface area contributed by atoms with Crippen molar-refractivity contribution in [2.24, 2.45) is 0 Å². The van der Waals surface area contributed by atoms with Gasteiger partial charge in [0.25, 0.3) is 0 Å². The van der Waals surface area contributed by atoms with E-state index >= 15 is 0 Å². The SMILES string of the molecule is CCNC1=CC(NCC)CCC1. The van der Waals surface area contributed by atoms with Crippen LogP contribution in [0.5, 0.6) is 0 Å². The van der Waals surface area contributed by atoms with Crippen LogP contribution < -0.4 is 10.6 Å². The largest absolute Gasteiger partial charge is 0.389 e. The highest BCUT2D eigenvalue weighted by Crippen LogP contribution is 2.15. The Hall–Kier alpha value is -0.500. The molecule has 0 aromatic rings. The van der Waals surface area contributed by atoms with Gasteiger partial charge in [0.2, 0.25) is 0 Å². The van der Waals surface area contributed by atoms with Crippen molar-refractivity contribution in [2.45, 2.75) is 39.2 Å². The van der Waals surface area contributed by atoms with Gasteiger partial charge in [0, 0.05) is 18.3 Å². The second-order valence-corrected chi connectivity index (χ2v) is 3.28. The molecule has 0 radical (unpaired) electrons. The van der Waals surface area contributed by atoms with E-state index < -0.39 is 0 Å². The predicted molar refractivity (Wildman–Crippen MR) is 53.1 cm³/mol. The molecule has 0 heterocycles. The topological polar surface area (TPSA) is 24.1 Å². The third kappa shape index (κ3) is 2.86. The molecule has 0 fully saturated rings. The van der Waals surface area contributed by atoms with Crippen molar-refractivity contribution >= 4 is 0 Å². The van der Waals surface area contributed by atoms with E-state index in [1.165, 1.54) is 25.0 Å². The lowest BCUT2D eigenvalue weighted by molar-refractivity contribution is 0.513. The molecule has 1 rings (SSSR count). The van der Waals surface area contributed by atoms with Crippen LogP contribution in [0.4, 0.5) is 0 Å². The van der Waals surface area contributed by atoms with Crippen molar-refractivity contribution in [3.8, 4) is 0 Å². The van der Waals surface area contributed by atoms with Crippen LogP contribution in [0.2, 0.25) is 0 Å². The maximum atomic E-state index is 3.46. The van der Waals surface area contributed by atoms with E-state index in [9.17, 15) is 0 Å². The molecule has 1 unspecified atom stereocenters. The number of allylic oxidation sites excluding steroid dienone is 1. The molecule has 2 N–H and O–H groups in total. The zero-order chi connectivity index (χ0) is 8.81. The standard InChI is InChI=1S/C10H20N2/c1-3-11-9-6-5-7-10(8-9)12-4-2/h8-9,11-12H,3-7H2,1-2H3. The Bertz CT molecular complexity index is 152. The van der Waals surface area contributed by atoms with E-state index in [-0.39, 0.29) is 0 Å². The number of rotatable bonds is 4. The maximum absolute atomic E-state index is 3.46. The van der Waals surface area contributed by atoms with Gasteiger partial charge in [0.1, 0.15) is 0 Å². The summed E-state index contributed by atoms with van der Waals surface area (Å²) in [6, 6.07) is 0.609. The lowest BCUT2D eigenvalue weighted by Gasteiger charge is -2.22. The maximum Gasteiger partial charge on any atom is 0.0269 e. The van der Waals surface area contributed by atoms with Crippen molar-refractivity contribution < 1.29 is 0 Å². The quantitative estimate of drug-likeness (QED) is 0.667. The molecule has 0 bridgehead atoms. The Morgan fingerprint density at radius 2 is 2.25 bits per heavy atom. The average molecular weight is 168 g/mol. The molecule has 0 saturated heterocycles. The molecule has 2 heteroatoms. The summed E-state index contributed by atoms with van der Waals surface area (Å²) in [7, 11) is 0. The molecule has 0 saturated carbocycles. The predicted octanol–water partition coefficient (Wildman–Crippen LogP) is 1.64. The Labute approximate surface area is 75.4 Å². The van der Waals surface area contributed by atoms with Crippen LogP contribution in [0, 0.1) is 0 Å². The third-order valence-corrected chi connectivity index (χ3v) is 2.23. The molecule has 0 amide bonds. The molecule has 0 aromatic carbocycles. The summed E-state index contributed by atoms with van der Waals surface area (Å²) in [4.78, 5) is 0. The van der Waals surface area contributed by atoms with E-state index in [0.29, 0.717) is 6.04 Å². The fourth-order valence-corrected chi connectivity index (χ4v) is 1.72. The Balaban J connectivity index is 2.39. The van der Waals surface area contributed by atoms with Gasteiger partial charge in [0.05, 0.1) is 0 Å². The van der Waals surface area contributed by atoms with Crippen LogP contribution >= 0.6 is 0 Å². The highest BCUT2D eigenvalue weighted by molar-refractivity contribution is 5.08. The molecule has 0 aromatic heterocycles. The second-order valence-electron chi connectivity index (χ2n) is 3.28.